The molecule has 1 fully saturated rings. The Kier molecular flexibility index (Phi) is 10.6. The van der Waals surface area contributed by atoms with E-state index >= 15 is 0 Å². The molecule has 0 bridgehead atoms. The molecule has 1 amide bonds. The van der Waals surface area contributed by atoms with Crippen LogP contribution in [0.25, 0.3) is 11.3 Å². The van der Waals surface area contributed by atoms with E-state index < -0.39 is 5.97 Å². The van der Waals surface area contributed by atoms with Crippen molar-refractivity contribution in [3.8, 4) is 17.1 Å². The van der Waals surface area contributed by atoms with Crippen LogP contribution in [0.4, 0.5) is 0 Å². The SMILES string of the molecule is BC(c1ccc(-c2ccco2)cc1)N(CCN1CCOCC1)C(=O)c1ccccc1OCCCCCC(=O)O. The van der Waals surface area contributed by atoms with Crippen molar-refractivity contribution < 1.29 is 28.6 Å². The highest BCUT2D eigenvalue weighted by atomic mass is 16.5. The third-order valence-electron chi connectivity index (χ3n) is 7.10. The third kappa shape index (κ3) is 8.21. The summed E-state index contributed by atoms with van der Waals surface area (Å²) in [6, 6.07) is 19.3. The van der Waals surface area contributed by atoms with E-state index in [2.05, 4.69) is 24.9 Å². The summed E-state index contributed by atoms with van der Waals surface area (Å²) >= 11 is 0. The summed E-state index contributed by atoms with van der Waals surface area (Å²) in [6.45, 7) is 4.90. The predicted octanol–water partition coefficient (Wildman–Crippen LogP) is 4.08. The van der Waals surface area contributed by atoms with Crippen LogP contribution in [0.15, 0.2) is 71.3 Å². The quantitative estimate of drug-likeness (QED) is 0.247. The van der Waals surface area contributed by atoms with Gasteiger partial charge in [0.05, 0.1) is 31.6 Å². The number of para-hydroxylation sites is 1. The van der Waals surface area contributed by atoms with E-state index in [1.165, 1.54) is 0 Å². The van der Waals surface area contributed by atoms with Gasteiger partial charge in [-0.2, -0.15) is 0 Å². The molecule has 1 atom stereocenters. The molecule has 0 saturated carbocycles. The van der Waals surface area contributed by atoms with E-state index in [9.17, 15) is 9.59 Å². The van der Waals surface area contributed by atoms with Crippen molar-refractivity contribution in [1.29, 1.82) is 0 Å². The van der Waals surface area contributed by atoms with E-state index in [0.717, 1.165) is 49.4 Å². The van der Waals surface area contributed by atoms with Crippen molar-refractivity contribution in [2.75, 3.05) is 46.0 Å². The van der Waals surface area contributed by atoms with Crippen molar-refractivity contribution in [2.45, 2.75) is 31.6 Å². The van der Waals surface area contributed by atoms with Crippen LogP contribution in [0.2, 0.25) is 0 Å². The number of ether oxygens (including phenoxy) is 2. The van der Waals surface area contributed by atoms with E-state index in [0.29, 0.717) is 44.1 Å². The predicted molar refractivity (Wildman–Crippen MR) is 152 cm³/mol. The molecule has 1 unspecified atom stereocenters. The number of carbonyl (C=O) groups excluding carboxylic acids is 1. The van der Waals surface area contributed by atoms with E-state index in [1.807, 2.05) is 53.4 Å². The van der Waals surface area contributed by atoms with E-state index in [4.69, 9.17) is 19.0 Å². The zero-order valence-electron chi connectivity index (χ0n) is 22.6. The number of carbonyl (C=O) groups is 2. The second-order valence-electron chi connectivity index (χ2n) is 9.78. The summed E-state index contributed by atoms with van der Waals surface area (Å²) in [5.74, 6) is 0.343. The van der Waals surface area contributed by atoms with Gasteiger partial charge in [0.2, 0.25) is 0 Å². The molecule has 0 radical (unpaired) electrons. The molecular formula is C30H37BN2O6. The Balaban J connectivity index is 1.48. The molecule has 2 aromatic carbocycles. The topological polar surface area (TPSA) is 92.5 Å². The average molecular weight is 532 g/mol. The number of hydrogen-bond donors (Lipinski definition) is 1. The Hall–Kier alpha value is -3.56. The highest BCUT2D eigenvalue weighted by Gasteiger charge is 2.26. The van der Waals surface area contributed by atoms with Crippen LogP contribution in [0.3, 0.4) is 0 Å². The van der Waals surface area contributed by atoms with Gasteiger partial charge < -0.3 is 23.9 Å². The van der Waals surface area contributed by atoms with Gasteiger partial charge in [0.15, 0.2) is 0 Å². The van der Waals surface area contributed by atoms with Crippen molar-refractivity contribution in [3.63, 3.8) is 0 Å². The number of rotatable bonds is 14. The second kappa shape index (κ2) is 14.6. The van der Waals surface area contributed by atoms with Gasteiger partial charge in [-0.25, -0.2) is 0 Å². The standard InChI is InChI=1S/C30H37BN2O6/c31-29(24-13-11-23(12-14-24)26-9-6-20-38-26)33(16-15-32-17-21-37-22-18-32)30(36)25-7-3-4-8-27(25)39-19-5-1-2-10-28(34)35/h3-4,6-9,11-14,20,29H,1-2,5,10,15-19,21-22,31H2,(H,34,35). The van der Waals surface area contributed by atoms with Gasteiger partial charge in [-0.1, -0.05) is 36.4 Å². The zero-order valence-corrected chi connectivity index (χ0v) is 22.6. The first-order valence-corrected chi connectivity index (χ1v) is 13.7. The summed E-state index contributed by atoms with van der Waals surface area (Å²) in [4.78, 5) is 29.0. The molecule has 206 valence electrons. The molecule has 2 heterocycles. The van der Waals surface area contributed by atoms with Crippen molar-refractivity contribution in [3.05, 3.63) is 78.1 Å². The first-order valence-electron chi connectivity index (χ1n) is 13.7. The summed E-state index contributed by atoms with van der Waals surface area (Å²) in [5, 5.41) is 8.82. The summed E-state index contributed by atoms with van der Waals surface area (Å²) < 4.78 is 17.0. The Morgan fingerprint density at radius 3 is 2.49 bits per heavy atom. The molecule has 1 aromatic heterocycles. The summed E-state index contributed by atoms with van der Waals surface area (Å²) in [7, 11) is 2.06. The van der Waals surface area contributed by atoms with Gasteiger partial charge in [0.25, 0.3) is 5.91 Å². The first-order chi connectivity index (χ1) is 19.0. The molecule has 0 spiro atoms. The fourth-order valence-corrected chi connectivity index (χ4v) is 4.75. The van der Waals surface area contributed by atoms with Gasteiger partial charge >= 0.3 is 5.97 Å². The maximum Gasteiger partial charge on any atom is 0.303 e. The molecule has 1 saturated heterocycles. The van der Waals surface area contributed by atoms with Crippen LogP contribution in [-0.4, -0.2) is 80.6 Å². The Bertz CT molecular complexity index is 1180. The fourth-order valence-electron chi connectivity index (χ4n) is 4.75. The summed E-state index contributed by atoms with van der Waals surface area (Å²) in [5.41, 5.74) is 2.56. The van der Waals surface area contributed by atoms with Crippen LogP contribution >= 0.6 is 0 Å². The molecule has 9 heteroatoms. The lowest BCUT2D eigenvalue weighted by atomic mass is 9.86. The molecule has 4 rings (SSSR count). The van der Waals surface area contributed by atoms with Crippen LogP contribution in [-0.2, 0) is 9.53 Å². The lowest BCUT2D eigenvalue weighted by Gasteiger charge is -2.34. The third-order valence-corrected chi connectivity index (χ3v) is 7.10. The van der Waals surface area contributed by atoms with Crippen LogP contribution in [0.5, 0.6) is 5.75 Å². The van der Waals surface area contributed by atoms with E-state index in [1.54, 1.807) is 6.26 Å². The molecular weight excluding hydrogens is 495 g/mol. The lowest BCUT2D eigenvalue weighted by Crippen LogP contribution is -2.44. The average Bonchev–Trinajstić information content (AvgIpc) is 3.51. The van der Waals surface area contributed by atoms with Crippen LogP contribution < -0.4 is 4.74 Å². The molecule has 1 aliphatic rings. The largest absolute Gasteiger partial charge is 0.493 e. The monoisotopic (exact) mass is 532 g/mol. The smallest absolute Gasteiger partial charge is 0.303 e. The van der Waals surface area contributed by atoms with Gasteiger partial charge in [0.1, 0.15) is 19.4 Å². The number of unbranched alkanes of at least 4 members (excludes halogenated alkanes) is 2. The first kappa shape index (κ1) is 28.5. The van der Waals surface area contributed by atoms with Crippen LogP contribution in [0.1, 0.15) is 47.5 Å². The fraction of sp³-hybridized carbons (Fsp3) is 0.400. The molecule has 1 N–H and O–H groups in total. The maximum atomic E-state index is 14.0. The zero-order chi connectivity index (χ0) is 27.5. The highest BCUT2D eigenvalue weighted by Crippen LogP contribution is 2.27. The minimum atomic E-state index is -0.784. The summed E-state index contributed by atoms with van der Waals surface area (Å²) in [6.07, 6.45) is 3.93. The Labute approximate surface area is 230 Å². The molecule has 0 aliphatic carbocycles. The number of morpholine rings is 1. The number of aliphatic carboxylic acids is 1. The number of carboxylic acid groups (broad SMARTS) is 1. The highest BCUT2D eigenvalue weighted by molar-refractivity contribution is 6.14. The minimum Gasteiger partial charge on any atom is -0.493 e. The number of benzene rings is 2. The molecule has 8 nitrogen and oxygen atoms in total. The van der Waals surface area contributed by atoms with E-state index in [-0.39, 0.29) is 18.3 Å². The van der Waals surface area contributed by atoms with Gasteiger partial charge in [-0.15, -0.1) is 0 Å². The molecule has 39 heavy (non-hydrogen) atoms. The molecule has 3 aromatic rings. The van der Waals surface area contributed by atoms with Crippen LogP contribution in [0, 0.1) is 0 Å². The van der Waals surface area contributed by atoms with Crippen molar-refractivity contribution in [2.24, 2.45) is 0 Å². The number of nitrogens with zero attached hydrogens (tertiary/aromatic N) is 2. The van der Waals surface area contributed by atoms with Gasteiger partial charge in [-0.05, 0) is 49.1 Å². The second-order valence-corrected chi connectivity index (χ2v) is 9.78. The molecule has 1 aliphatic heterocycles. The van der Waals surface area contributed by atoms with Gasteiger partial charge in [0, 0.05) is 44.1 Å². The number of carboxylic acids is 1. The minimum absolute atomic E-state index is 0.0765. The number of hydrogen-bond acceptors (Lipinski definition) is 6. The number of amides is 1. The maximum absolute atomic E-state index is 14.0. The Morgan fingerprint density at radius 1 is 1.00 bits per heavy atom. The van der Waals surface area contributed by atoms with Crippen molar-refractivity contribution in [1.82, 2.24) is 9.80 Å². The lowest BCUT2D eigenvalue weighted by molar-refractivity contribution is -0.137. The normalized spacial score (nSPS) is 14.6. The van der Waals surface area contributed by atoms with Gasteiger partial charge in [-0.3, -0.25) is 14.5 Å². The van der Waals surface area contributed by atoms with Crippen molar-refractivity contribution >= 4 is 19.7 Å². The Morgan fingerprint density at radius 2 is 1.77 bits per heavy atom. The number of furan rings is 1.